The van der Waals surface area contributed by atoms with Crippen LogP contribution in [-0.4, -0.2) is 83.6 Å². The molecule has 5 heterocycles. The molecular formula is C35H35N5O8S3. The molecular weight excluding hydrogens is 715 g/mol. The van der Waals surface area contributed by atoms with Gasteiger partial charge in [0.25, 0.3) is 11.5 Å². The summed E-state index contributed by atoms with van der Waals surface area (Å²) in [5.41, 5.74) is 3.17. The van der Waals surface area contributed by atoms with Crippen molar-refractivity contribution in [3.05, 3.63) is 75.8 Å². The van der Waals surface area contributed by atoms with Crippen LogP contribution in [0.15, 0.2) is 53.6 Å². The first kappa shape index (κ1) is 35.0. The molecule has 1 atom stereocenters. The third-order valence-electron chi connectivity index (χ3n) is 9.44. The molecule has 51 heavy (non-hydrogen) atoms. The van der Waals surface area contributed by atoms with Crippen molar-refractivity contribution in [3.63, 3.8) is 0 Å². The number of carbonyl (C=O) groups excluding carboxylic acids is 3. The molecule has 266 valence electrons. The van der Waals surface area contributed by atoms with Gasteiger partial charge in [0.2, 0.25) is 17.7 Å². The summed E-state index contributed by atoms with van der Waals surface area (Å²) in [5, 5.41) is 3.28. The molecule has 2 aromatic carbocycles. The minimum atomic E-state index is -1.39. The van der Waals surface area contributed by atoms with Gasteiger partial charge in [-0.15, -0.1) is 37.9 Å². The zero-order valence-corrected chi connectivity index (χ0v) is 30.6. The Morgan fingerprint density at radius 3 is 2.29 bits per heavy atom. The van der Waals surface area contributed by atoms with Crippen molar-refractivity contribution < 1.29 is 33.3 Å². The maximum atomic E-state index is 13.3. The molecule has 0 bridgehead atoms. The van der Waals surface area contributed by atoms with E-state index in [9.17, 15) is 19.2 Å². The number of benzene rings is 2. The van der Waals surface area contributed by atoms with Gasteiger partial charge in [-0.1, -0.05) is 6.07 Å². The molecule has 3 aliphatic heterocycles. The number of fused-ring (bicyclic) bond motifs is 2. The Labute approximate surface area is 309 Å². The summed E-state index contributed by atoms with van der Waals surface area (Å²) >= 11 is 13.2. The zero-order chi connectivity index (χ0) is 36.2. The van der Waals surface area contributed by atoms with E-state index in [2.05, 4.69) is 53.1 Å². The summed E-state index contributed by atoms with van der Waals surface area (Å²) in [5.74, 6) is 1.10. The molecule has 16 heteroatoms. The Kier molecular flexibility index (Phi) is 9.37. The molecule has 7 rings (SSSR count). The highest BCUT2D eigenvalue weighted by molar-refractivity contribution is 8.15. The van der Waals surface area contributed by atoms with Crippen LogP contribution in [0.5, 0.6) is 23.1 Å². The second-order valence-electron chi connectivity index (χ2n) is 12.6. The number of thiol groups is 3. The fraction of sp³-hybridized carbons (Fsp3) is 0.343. The van der Waals surface area contributed by atoms with Crippen molar-refractivity contribution in [2.24, 2.45) is 0 Å². The molecule has 0 spiro atoms. The highest BCUT2D eigenvalue weighted by Gasteiger charge is 2.39. The maximum Gasteiger partial charge on any atom is 0.262 e. The molecule has 0 radical (unpaired) electrons. The largest absolute Gasteiger partial charge is 0.496 e. The van der Waals surface area contributed by atoms with E-state index in [1.54, 1.807) is 32.5 Å². The summed E-state index contributed by atoms with van der Waals surface area (Å²) < 4.78 is 23.3. The zero-order valence-electron chi connectivity index (χ0n) is 27.9. The van der Waals surface area contributed by atoms with Crippen molar-refractivity contribution >= 4 is 66.4 Å². The van der Waals surface area contributed by atoms with Crippen molar-refractivity contribution in [1.82, 2.24) is 24.7 Å². The lowest BCUT2D eigenvalue weighted by Gasteiger charge is -2.39. The molecule has 3 aliphatic rings. The smallest absolute Gasteiger partial charge is 0.262 e. The number of likely N-dealkylation sites (tertiary alicyclic amines) is 1. The van der Waals surface area contributed by atoms with E-state index in [0.717, 1.165) is 11.1 Å². The monoisotopic (exact) mass is 749 g/mol. The van der Waals surface area contributed by atoms with Crippen LogP contribution in [0, 0.1) is 0 Å². The second kappa shape index (κ2) is 13.6. The minimum absolute atomic E-state index is 0.109. The number of amides is 3. The van der Waals surface area contributed by atoms with E-state index >= 15 is 0 Å². The van der Waals surface area contributed by atoms with E-state index < -0.39 is 15.5 Å². The lowest BCUT2D eigenvalue weighted by molar-refractivity contribution is -0.136. The first-order valence-electron chi connectivity index (χ1n) is 16.1. The van der Waals surface area contributed by atoms with Crippen LogP contribution in [0.25, 0.3) is 21.9 Å². The molecule has 4 aromatic rings. The van der Waals surface area contributed by atoms with Gasteiger partial charge in [0.1, 0.15) is 29.4 Å². The van der Waals surface area contributed by atoms with Crippen molar-refractivity contribution in [3.8, 4) is 34.3 Å². The number of rotatable bonds is 10. The fourth-order valence-corrected chi connectivity index (χ4v) is 7.27. The molecule has 13 nitrogen and oxygen atoms in total. The normalized spacial score (nSPS) is 18.0. The highest BCUT2D eigenvalue weighted by Crippen LogP contribution is 2.41. The Morgan fingerprint density at radius 2 is 1.65 bits per heavy atom. The lowest BCUT2D eigenvalue weighted by atomic mass is 9.98. The molecule has 0 aliphatic carbocycles. The van der Waals surface area contributed by atoms with Crippen LogP contribution in [0.2, 0.25) is 0 Å². The molecule has 2 aromatic heterocycles. The van der Waals surface area contributed by atoms with E-state index in [1.165, 1.54) is 22.8 Å². The van der Waals surface area contributed by atoms with Crippen LogP contribution < -0.4 is 29.8 Å². The summed E-state index contributed by atoms with van der Waals surface area (Å²) in [4.78, 5) is 58.5. The van der Waals surface area contributed by atoms with E-state index in [-0.39, 0.29) is 29.9 Å². The number of methoxy groups -OCH3 is 3. The molecule has 3 amide bonds. The standard InChI is InChI=1S/C35H35N5O8S3/c1-45-28-8-19(25-17-40(35(49,50)51)34(44)24-12-36-31(47-3)11-23(24)25)9-29(46-2)26(28)16-38-14-21(15-38)48-20-5-4-18-13-39(33(43)22(18)10-20)27-6-7-30(41)37-32(27)42/h4-5,8-12,17,21,27,49-51H,6-7,13-16H2,1-3H3,(H,37,41,42). The number of nitrogens with one attached hydrogen (secondary N) is 1. The summed E-state index contributed by atoms with van der Waals surface area (Å²) in [6.07, 6.45) is 3.50. The van der Waals surface area contributed by atoms with Gasteiger partial charge < -0.3 is 23.8 Å². The molecule has 2 fully saturated rings. The summed E-state index contributed by atoms with van der Waals surface area (Å²) in [7, 11) is 4.69. The third-order valence-corrected chi connectivity index (χ3v) is 10.1. The number of pyridine rings is 2. The van der Waals surface area contributed by atoms with E-state index in [1.807, 2.05) is 24.3 Å². The third kappa shape index (κ3) is 6.61. The molecule has 2 saturated heterocycles. The minimum Gasteiger partial charge on any atom is -0.496 e. The van der Waals surface area contributed by atoms with Crippen LogP contribution in [-0.2, 0) is 26.2 Å². The van der Waals surface area contributed by atoms with Gasteiger partial charge in [-0.05, 0) is 41.8 Å². The predicted octanol–water partition coefficient (Wildman–Crippen LogP) is 3.47. The summed E-state index contributed by atoms with van der Waals surface area (Å²) in [6.45, 7) is 2.07. The van der Waals surface area contributed by atoms with Gasteiger partial charge in [0.05, 0.1) is 32.3 Å². The number of ether oxygens (including phenoxy) is 4. The van der Waals surface area contributed by atoms with Crippen LogP contribution >= 0.6 is 37.9 Å². The molecule has 1 unspecified atom stereocenters. The van der Waals surface area contributed by atoms with Crippen molar-refractivity contribution in [2.75, 3.05) is 34.4 Å². The average molecular weight is 750 g/mol. The van der Waals surface area contributed by atoms with Gasteiger partial charge >= 0.3 is 0 Å². The Morgan fingerprint density at radius 1 is 0.922 bits per heavy atom. The first-order chi connectivity index (χ1) is 24.4. The van der Waals surface area contributed by atoms with E-state index in [0.29, 0.717) is 83.2 Å². The number of nitrogens with zero attached hydrogens (tertiary/aromatic N) is 4. The van der Waals surface area contributed by atoms with Crippen LogP contribution in [0.1, 0.15) is 34.3 Å². The van der Waals surface area contributed by atoms with Gasteiger partial charge in [-0.3, -0.25) is 34.0 Å². The number of hydrogen-bond donors (Lipinski definition) is 4. The van der Waals surface area contributed by atoms with Crippen molar-refractivity contribution in [2.45, 2.75) is 41.6 Å². The summed E-state index contributed by atoms with van der Waals surface area (Å²) in [6, 6.07) is 10.2. The lowest BCUT2D eigenvalue weighted by Crippen LogP contribution is -2.53. The fourth-order valence-electron chi connectivity index (χ4n) is 6.83. The quantitative estimate of drug-likeness (QED) is 0.108. The molecule has 0 saturated carbocycles. The van der Waals surface area contributed by atoms with Crippen LogP contribution in [0.4, 0.5) is 0 Å². The van der Waals surface area contributed by atoms with Crippen molar-refractivity contribution in [1.29, 1.82) is 0 Å². The van der Waals surface area contributed by atoms with Gasteiger partial charge in [-0.2, -0.15) is 0 Å². The highest BCUT2D eigenvalue weighted by atomic mass is 32.2. The SMILES string of the molecule is COc1cc2c(-c3cc(OC)c(CN4CC(Oc5ccc6c(c5)C(=O)N(C5CCC(=O)NC5=O)C6)C4)c(OC)c3)cn(C(S)(S)S)c(=O)c2cn1. The van der Waals surface area contributed by atoms with E-state index in [4.69, 9.17) is 18.9 Å². The van der Waals surface area contributed by atoms with Crippen LogP contribution in [0.3, 0.4) is 0 Å². The number of piperidine rings is 1. The Balaban J connectivity index is 1.08. The number of carbonyl (C=O) groups is 3. The van der Waals surface area contributed by atoms with Gasteiger partial charge in [0, 0.05) is 67.6 Å². The number of aromatic nitrogens is 2. The number of imide groups is 1. The molecule has 1 N–H and O–H groups in total. The average Bonchev–Trinajstić information content (AvgIpc) is 3.41. The maximum absolute atomic E-state index is 13.3. The number of hydrogen-bond acceptors (Lipinski definition) is 13. The Hall–Kier alpha value is -4.38. The first-order valence-corrected chi connectivity index (χ1v) is 17.4. The predicted molar refractivity (Wildman–Crippen MR) is 198 cm³/mol. The Bertz CT molecular complexity index is 2120. The van der Waals surface area contributed by atoms with Gasteiger partial charge in [0.15, 0.2) is 3.54 Å². The van der Waals surface area contributed by atoms with Gasteiger partial charge in [-0.25, -0.2) is 4.98 Å². The second-order valence-corrected chi connectivity index (χ2v) is 15.6. The topological polar surface area (TPSA) is 142 Å².